The van der Waals surface area contributed by atoms with Gasteiger partial charge in [0.25, 0.3) is 0 Å². The Morgan fingerprint density at radius 3 is 2.08 bits per heavy atom. The van der Waals surface area contributed by atoms with Crippen LogP contribution >= 0.6 is 0 Å². The van der Waals surface area contributed by atoms with E-state index in [4.69, 9.17) is 0 Å². The average molecular weight is 330 g/mol. The van der Waals surface area contributed by atoms with Gasteiger partial charge in [0.05, 0.1) is 11.4 Å². The molecule has 0 amide bonds. The predicted molar refractivity (Wildman–Crippen MR) is 99.9 cm³/mol. The molecule has 4 rings (SSSR count). The topological polar surface area (TPSA) is 49.8 Å². The van der Waals surface area contributed by atoms with Crippen LogP contribution in [-0.4, -0.2) is 23.1 Å². The summed E-state index contributed by atoms with van der Waals surface area (Å²) in [4.78, 5) is 9.26. The molecule has 4 nitrogen and oxygen atoms in total. The van der Waals surface area contributed by atoms with Crippen molar-refractivity contribution in [3.63, 3.8) is 0 Å². The Kier molecular flexibility index (Phi) is 4.55. The lowest BCUT2D eigenvalue weighted by molar-refractivity contribution is 0.339. The highest BCUT2D eigenvalue weighted by Crippen LogP contribution is 2.34. The molecule has 1 aliphatic heterocycles. The van der Waals surface area contributed by atoms with Gasteiger partial charge in [0.15, 0.2) is 0 Å². The molecule has 1 aliphatic rings. The first kappa shape index (κ1) is 15.9. The lowest BCUT2D eigenvalue weighted by Crippen LogP contribution is -2.54. The smallest absolute Gasteiger partial charge is 0.139 e. The van der Waals surface area contributed by atoms with Gasteiger partial charge in [0.2, 0.25) is 0 Å². The van der Waals surface area contributed by atoms with Crippen LogP contribution in [0.25, 0.3) is 11.3 Å². The quantitative estimate of drug-likeness (QED) is 0.773. The fourth-order valence-corrected chi connectivity index (χ4v) is 3.51. The standard InChI is InChI=1S/C21H22N4/c1-2-10-18(17(9-1)19-11-3-5-13-22-19)21(20-12-4-6-14-23-20)24-15-7-8-16-25-21/h1-6,9-14,24-25H,7-8,15-16H2. The Labute approximate surface area is 148 Å². The van der Waals surface area contributed by atoms with Crippen molar-refractivity contribution in [1.29, 1.82) is 0 Å². The van der Waals surface area contributed by atoms with E-state index in [9.17, 15) is 0 Å². The molecule has 126 valence electrons. The monoisotopic (exact) mass is 330 g/mol. The molecule has 0 aliphatic carbocycles. The zero-order chi connectivity index (χ0) is 17.0. The molecule has 1 fully saturated rings. The molecular weight excluding hydrogens is 308 g/mol. The van der Waals surface area contributed by atoms with E-state index in [0.29, 0.717) is 0 Å². The van der Waals surface area contributed by atoms with Crippen LogP contribution in [0.4, 0.5) is 0 Å². The summed E-state index contributed by atoms with van der Waals surface area (Å²) in [5.41, 5.74) is 3.73. The van der Waals surface area contributed by atoms with E-state index >= 15 is 0 Å². The number of benzene rings is 1. The van der Waals surface area contributed by atoms with Gasteiger partial charge < -0.3 is 0 Å². The minimum Gasteiger partial charge on any atom is -0.290 e. The lowest BCUT2D eigenvalue weighted by Gasteiger charge is -2.36. The highest BCUT2D eigenvalue weighted by atomic mass is 15.2. The first-order chi connectivity index (χ1) is 12.4. The maximum atomic E-state index is 4.68. The molecule has 4 heteroatoms. The number of aromatic nitrogens is 2. The molecule has 0 atom stereocenters. The van der Waals surface area contributed by atoms with E-state index in [2.05, 4.69) is 57.0 Å². The summed E-state index contributed by atoms with van der Waals surface area (Å²) in [6.45, 7) is 1.89. The third kappa shape index (κ3) is 3.06. The second-order valence-electron chi connectivity index (χ2n) is 6.29. The molecule has 25 heavy (non-hydrogen) atoms. The molecule has 3 aromatic rings. The molecule has 3 heterocycles. The van der Waals surface area contributed by atoms with Crippen LogP contribution in [0.3, 0.4) is 0 Å². The molecule has 0 saturated carbocycles. The average Bonchev–Trinajstić information content (AvgIpc) is 2.96. The van der Waals surface area contributed by atoms with Crippen LogP contribution in [0, 0.1) is 0 Å². The summed E-state index contributed by atoms with van der Waals surface area (Å²) in [7, 11) is 0. The predicted octanol–water partition coefficient (Wildman–Crippen LogP) is 3.32. The summed E-state index contributed by atoms with van der Waals surface area (Å²) in [5, 5.41) is 7.47. The molecular formula is C21H22N4. The van der Waals surface area contributed by atoms with Gasteiger partial charge in [-0.15, -0.1) is 0 Å². The normalized spacial score (nSPS) is 17.0. The highest BCUT2D eigenvalue weighted by molar-refractivity contribution is 5.66. The summed E-state index contributed by atoms with van der Waals surface area (Å²) in [6, 6.07) is 20.6. The minimum atomic E-state index is -0.508. The molecule has 0 radical (unpaired) electrons. The van der Waals surface area contributed by atoms with Crippen LogP contribution in [0.1, 0.15) is 24.1 Å². The Bertz CT molecular complexity index is 810. The van der Waals surface area contributed by atoms with Gasteiger partial charge in [-0.1, -0.05) is 36.4 Å². The van der Waals surface area contributed by atoms with Crippen molar-refractivity contribution in [2.75, 3.05) is 13.1 Å². The van der Waals surface area contributed by atoms with Crippen molar-refractivity contribution in [3.8, 4) is 11.3 Å². The van der Waals surface area contributed by atoms with Crippen molar-refractivity contribution < 1.29 is 0 Å². The summed E-state index contributed by atoms with van der Waals surface area (Å²) in [6.07, 6.45) is 5.99. The number of rotatable bonds is 3. The fraction of sp³-hybridized carbons (Fsp3) is 0.238. The van der Waals surface area contributed by atoms with Gasteiger partial charge in [-0.05, 0) is 50.2 Å². The molecule has 0 spiro atoms. The molecule has 1 saturated heterocycles. The SMILES string of the molecule is c1ccc(-c2ccccc2C2(c3ccccn3)NCCCCN2)nc1. The maximum absolute atomic E-state index is 4.68. The van der Waals surface area contributed by atoms with Crippen molar-refractivity contribution in [2.45, 2.75) is 18.5 Å². The van der Waals surface area contributed by atoms with Crippen LogP contribution in [-0.2, 0) is 5.66 Å². The molecule has 0 bridgehead atoms. The third-order valence-corrected chi connectivity index (χ3v) is 4.70. The number of nitrogens with zero attached hydrogens (tertiary/aromatic N) is 2. The fourth-order valence-electron chi connectivity index (χ4n) is 3.51. The minimum absolute atomic E-state index is 0.508. The Balaban J connectivity index is 1.92. The van der Waals surface area contributed by atoms with E-state index < -0.39 is 5.66 Å². The largest absolute Gasteiger partial charge is 0.290 e. The maximum Gasteiger partial charge on any atom is 0.139 e. The van der Waals surface area contributed by atoms with Gasteiger partial charge >= 0.3 is 0 Å². The summed E-state index contributed by atoms with van der Waals surface area (Å²) < 4.78 is 0. The van der Waals surface area contributed by atoms with Crippen molar-refractivity contribution in [2.24, 2.45) is 0 Å². The van der Waals surface area contributed by atoms with Crippen molar-refractivity contribution in [1.82, 2.24) is 20.6 Å². The van der Waals surface area contributed by atoms with Crippen molar-refractivity contribution in [3.05, 3.63) is 84.3 Å². The van der Waals surface area contributed by atoms with E-state index in [1.807, 2.05) is 36.7 Å². The third-order valence-electron chi connectivity index (χ3n) is 4.70. The second-order valence-corrected chi connectivity index (χ2v) is 6.29. The van der Waals surface area contributed by atoms with Gasteiger partial charge in [-0.3, -0.25) is 20.6 Å². The van der Waals surface area contributed by atoms with E-state index in [0.717, 1.165) is 48.4 Å². The van der Waals surface area contributed by atoms with Crippen LogP contribution in [0.2, 0.25) is 0 Å². The highest BCUT2D eigenvalue weighted by Gasteiger charge is 2.37. The van der Waals surface area contributed by atoms with Gasteiger partial charge in [-0.2, -0.15) is 0 Å². The van der Waals surface area contributed by atoms with E-state index in [1.54, 1.807) is 0 Å². The zero-order valence-corrected chi connectivity index (χ0v) is 14.2. The van der Waals surface area contributed by atoms with E-state index in [1.165, 1.54) is 0 Å². The zero-order valence-electron chi connectivity index (χ0n) is 14.2. The number of pyridine rings is 2. The summed E-state index contributed by atoms with van der Waals surface area (Å²) in [5.74, 6) is 0. The summed E-state index contributed by atoms with van der Waals surface area (Å²) >= 11 is 0. The second kappa shape index (κ2) is 7.13. The molecule has 2 N–H and O–H groups in total. The van der Waals surface area contributed by atoms with E-state index in [-0.39, 0.29) is 0 Å². The lowest BCUT2D eigenvalue weighted by atomic mass is 9.89. The first-order valence-electron chi connectivity index (χ1n) is 8.83. The Hall–Kier alpha value is -2.56. The number of hydrogen-bond acceptors (Lipinski definition) is 4. The van der Waals surface area contributed by atoms with Gasteiger partial charge in [0, 0.05) is 23.5 Å². The molecule has 1 aromatic carbocycles. The number of hydrogen-bond donors (Lipinski definition) is 2. The molecule has 0 unspecified atom stereocenters. The van der Waals surface area contributed by atoms with Gasteiger partial charge in [-0.25, -0.2) is 0 Å². The first-order valence-corrected chi connectivity index (χ1v) is 8.83. The number of nitrogens with one attached hydrogen (secondary N) is 2. The van der Waals surface area contributed by atoms with Crippen molar-refractivity contribution >= 4 is 0 Å². The Morgan fingerprint density at radius 2 is 1.40 bits per heavy atom. The Morgan fingerprint density at radius 1 is 0.720 bits per heavy atom. The van der Waals surface area contributed by atoms with Crippen LogP contribution < -0.4 is 10.6 Å². The van der Waals surface area contributed by atoms with Crippen LogP contribution in [0.15, 0.2) is 73.1 Å². The van der Waals surface area contributed by atoms with Gasteiger partial charge in [0.1, 0.15) is 5.66 Å². The van der Waals surface area contributed by atoms with Crippen LogP contribution in [0.5, 0.6) is 0 Å². The molecule has 2 aromatic heterocycles.